The first-order valence-electron chi connectivity index (χ1n) is 6.95. The number of benzene rings is 2. The van der Waals surface area contributed by atoms with Gasteiger partial charge in [0.25, 0.3) is 0 Å². The minimum Gasteiger partial charge on any atom is -0.384 e. The maximum atomic E-state index is 11.9. The molecule has 0 aromatic heterocycles. The summed E-state index contributed by atoms with van der Waals surface area (Å²) in [5, 5.41) is 6.01. The van der Waals surface area contributed by atoms with Crippen LogP contribution in [0.15, 0.2) is 53.0 Å². The van der Waals surface area contributed by atoms with Gasteiger partial charge < -0.3 is 10.6 Å². The van der Waals surface area contributed by atoms with Gasteiger partial charge in [0.1, 0.15) is 0 Å². The topological polar surface area (TPSA) is 58.2 Å². The molecule has 2 aromatic rings. The van der Waals surface area contributed by atoms with Gasteiger partial charge in [-0.1, -0.05) is 12.1 Å². The summed E-state index contributed by atoms with van der Waals surface area (Å²) in [7, 11) is 0. The van der Waals surface area contributed by atoms with Gasteiger partial charge in [-0.2, -0.15) is 0 Å². The lowest BCUT2D eigenvalue weighted by atomic mass is 10.1. The maximum Gasteiger partial charge on any atom is 0.226 e. The Labute approximate surface area is 138 Å². The van der Waals surface area contributed by atoms with Crippen LogP contribution in [0, 0.1) is 0 Å². The number of amides is 1. The van der Waals surface area contributed by atoms with E-state index in [9.17, 15) is 9.59 Å². The number of carbonyl (C=O) groups is 2. The van der Waals surface area contributed by atoms with Crippen LogP contribution in [0.4, 0.5) is 11.4 Å². The van der Waals surface area contributed by atoms with Crippen LogP contribution in [0.3, 0.4) is 0 Å². The maximum absolute atomic E-state index is 11.9. The van der Waals surface area contributed by atoms with E-state index < -0.39 is 0 Å². The van der Waals surface area contributed by atoms with Gasteiger partial charge in [-0.25, -0.2) is 0 Å². The van der Waals surface area contributed by atoms with Gasteiger partial charge in [0.2, 0.25) is 5.91 Å². The van der Waals surface area contributed by atoms with E-state index in [0.717, 1.165) is 10.2 Å². The van der Waals surface area contributed by atoms with Crippen molar-refractivity contribution < 1.29 is 9.59 Å². The van der Waals surface area contributed by atoms with Gasteiger partial charge in [-0.3, -0.25) is 9.59 Å². The first-order valence-corrected chi connectivity index (χ1v) is 7.75. The second-order valence-electron chi connectivity index (χ2n) is 4.84. The normalized spacial score (nSPS) is 10.1. The average Bonchev–Trinajstić information content (AvgIpc) is 2.50. The van der Waals surface area contributed by atoms with E-state index >= 15 is 0 Å². The van der Waals surface area contributed by atoms with Crippen LogP contribution < -0.4 is 10.6 Å². The molecule has 0 saturated heterocycles. The van der Waals surface area contributed by atoms with E-state index in [1.807, 2.05) is 24.3 Å². The molecular formula is C17H17BrN2O2. The third-order valence-corrected chi connectivity index (χ3v) is 3.81. The zero-order valence-electron chi connectivity index (χ0n) is 12.2. The summed E-state index contributed by atoms with van der Waals surface area (Å²) in [6, 6.07) is 14.6. The molecule has 2 N–H and O–H groups in total. The van der Waals surface area contributed by atoms with Gasteiger partial charge in [-0.05, 0) is 59.3 Å². The van der Waals surface area contributed by atoms with Crippen LogP contribution in [0.25, 0.3) is 0 Å². The lowest BCUT2D eigenvalue weighted by Gasteiger charge is -2.09. The molecule has 5 heteroatoms. The molecule has 0 bridgehead atoms. The smallest absolute Gasteiger partial charge is 0.226 e. The molecule has 0 radical (unpaired) electrons. The Hall–Kier alpha value is -2.14. The Morgan fingerprint density at radius 2 is 1.73 bits per heavy atom. The van der Waals surface area contributed by atoms with E-state index in [1.165, 1.54) is 6.92 Å². The molecule has 0 spiro atoms. The quantitative estimate of drug-likeness (QED) is 0.762. The highest BCUT2D eigenvalue weighted by atomic mass is 79.9. The minimum absolute atomic E-state index is 0.00974. The van der Waals surface area contributed by atoms with E-state index in [0.29, 0.717) is 24.2 Å². The first-order chi connectivity index (χ1) is 10.6. The summed E-state index contributed by atoms with van der Waals surface area (Å²) in [6.45, 7) is 2.06. The summed E-state index contributed by atoms with van der Waals surface area (Å²) >= 11 is 3.45. The van der Waals surface area contributed by atoms with E-state index in [4.69, 9.17) is 0 Å². The molecule has 0 heterocycles. The molecule has 1 amide bonds. The summed E-state index contributed by atoms with van der Waals surface area (Å²) in [5.74, 6) is -0.0642. The molecule has 0 atom stereocenters. The molecular weight excluding hydrogens is 344 g/mol. The predicted molar refractivity (Wildman–Crippen MR) is 92.3 cm³/mol. The van der Waals surface area contributed by atoms with E-state index in [1.54, 1.807) is 24.3 Å². The lowest BCUT2D eigenvalue weighted by Crippen LogP contribution is -2.16. The van der Waals surface area contributed by atoms with Crippen LogP contribution in [-0.2, 0) is 4.79 Å². The van der Waals surface area contributed by atoms with Gasteiger partial charge in [-0.15, -0.1) is 0 Å². The standard InChI is InChI=1S/C17H17BrN2O2/c1-12(21)13-6-8-14(9-7-13)20-17(22)10-11-19-16-5-3-2-4-15(16)18/h2-9,19H,10-11H2,1H3,(H,20,22). The lowest BCUT2D eigenvalue weighted by molar-refractivity contribution is -0.115. The fraction of sp³-hybridized carbons (Fsp3) is 0.176. The Morgan fingerprint density at radius 3 is 2.36 bits per heavy atom. The number of hydrogen-bond donors (Lipinski definition) is 2. The largest absolute Gasteiger partial charge is 0.384 e. The Morgan fingerprint density at radius 1 is 1.05 bits per heavy atom. The van der Waals surface area contributed by atoms with Crippen molar-refractivity contribution in [3.8, 4) is 0 Å². The highest BCUT2D eigenvalue weighted by molar-refractivity contribution is 9.10. The van der Waals surface area contributed by atoms with Crippen LogP contribution in [0.1, 0.15) is 23.7 Å². The van der Waals surface area contributed by atoms with Crippen molar-refractivity contribution in [2.24, 2.45) is 0 Å². The summed E-state index contributed by atoms with van der Waals surface area (Å²) in [4.78, 5) is 23.1. The SMILES string of the molecule is CC(=O)c1ccc(NC(=O)CCNc2ccccc2Br)cc1. The van der Waals surface area contributed by atoms with Crippen molar-refractivity contribution in [2.75, 3.05) is 17.2 Å². The number of nitrogens with one attached hydrogen (secondary N) is 2. The molecule has 114 valence electrons. The number of hydrogen-bond acceptors (Lipinski definition) is 3. The van der Waals surface area contributed by atoms with Crippen LogP contribution >= 0.6 is 15.9 Å². The number of carbonyl (C=O) groups excluding carboxylic acids is 2. The van der Waals surface area contributed by atoms with E-state index in [2.05, 4.69) is 26.6 Å². The summed E-state index contributed by atoms with van der Waals surface area (Å²) < 4.78 is 0.968. The Balaban J connectivity index is 1.80. The highest BCUT2D eigenvalue weighted by Gasteiger charge is 2.04. The molecule has 22 heavy (non-hydrogen) atoms. The molecule has 0 fully saturated rings. The third kappa shape index (κ3) is 4.70. The third-order valence-electron chi connectivity index (χ3n) is 3.12. The number of para-hydroxylation sites is 1. The fourth-order valence-corrected chi connectivity index (χ4v) is 2.35. The van der Waals surface area contributed by atoms with Crippen molar-refractivity contribution in [2.45, 2.75) is 13.3 Å². The first kappa shape index (κ1) is 16.2. The van der Waals surface area contributed by atoms with Gasteiger partial charge in [0, 0.05) is 34.4 Å². The Kier molecular flexibility index (Phi) is 5.72. The monoisotopic (exact) mass is 360 g/mol. The molecule has 2 aromatic carbocycles. The van der Waals surface area contributed by atoms with Crippen molar-refractivity contribution in [3.05, 3.63) is 58.6 Å². The molecule has 0 aliphatic heterocycles. The number of anilines is 2. The molecule has 2 rings (SSSR count). The van der Waals surface area contributed by atoms with Crippen molar-refractivity contribution in [1.29, 1.82) is 0 Å². The zero-order chi connectivity index (χ0) is 15.9. The molecule has 0 aliphatic rings. The second-order valence-corrected chi connectivity index (χ2v) is 5.69. The predicted octanol–water partition coefficient (Wildman–Crippen LogP) is 4.09. The summed E-state index contributed by atoms with van der Waals surface area (Å²) in [6.07, 6.45) is 0.357. The number of ketones is 1. The number of halogens is 1. The second kappa shape index (κ2) is 7.75. The van der Waals surface area contributed by atoms with Crippen molar-refractivity contribution >= 4 is 39.0 Å². The van der Waals surface area contributed by atoms with Gasteiger partial charge in [0.15, 0.2) is 5.78 Å². The van der Waals surface area contributed by atoms with Crippen molar-refractivity contribution in [3.63, 3.8) is 0 Å². The zero-order valence-corrected chi connectivity index (χ0v) is 13.8. The minimum atomic E-state index is -0.0740. The van der Waals surface area contributed by atoms with Gasteiger partial charge in [0.05, 0.1) is 0 Å². The Bertz CT molecular complexity index is 669. The summed E-state index contributed by atoms with van der Waals surface area (Å²) in [5.41, 5.74) is 2.28. The van der Waals surface area contributed by atoms with Crippen LogP contribution in [-0.4, -0.2) is 18.2 Å². The molecule has 0 unspecified atom stereocenters. The van der Waals surface area contributed by atoms with E-state index in [-0.39, 0.29) is 11.7 Å². The van der Waals surface area contributed by atoms with Crippen LogP contribution in [0.5, 0.6) is 0 Å². The molecule has 4 nitrogen and oxygen atoms in total. The number of Topliss-reactive ketones (excluding diaryl/α,β-unsaturated/α-hetero) is 1. The van der Waals surface area contributed by atoms with Crippen molar-refractivity contribution in [1.82, 2.24) is 0 Å². The van der Waals surface area contributed by atoms with Gasteiger partial charge >= 0.3 is 0 Å². The molecule has 0 aliphatic carbocycles. The average molecular weight is 361 g/mol. The highest BCUT2D eigenvalue weighted by Crippen LogP contribution is 2.20. The van der Waals surface area contributed by atoms with Crippen LogP contribution in [0.2, 0.25) is 0 Å². The molecule has 0 saturated carbocycles. The number of rotatable bonds is 6. The fourth-order valence-electron chi connectivity index (χ4n) is 1.93.